The average molecular weight is 413 g/mol. The largest absolute Gasteiger partial charge is 0.493 e. The van der Waals surface area contributed by atoms with Crippen LogP contribution in [0, 0.1) is 0 Å². The van der Waals surface area contributed by atoms with Crippen LogP contribution in [0.2, 0.25) is 0 Å². The minimum Gasteiger partial charge on any atom is -0.493 e. The van der Waals surface area contributed by atoms with Crippen molar-refractivity contribution in [3.05, 3.63) is 70.6 Å². The van der Waals surface area contributed by atoms with E-state index in [1.165, 1.54) is 9.71 Å². The smallest absolute Gasteiger partial charge is 0.236 e. The van der Waals surface area contributed by atoms with E-state index in [2.05, 4.69) is 0 Å². The molecule has 2 aliphatic rings. The molecule has 1 amide bonds. The van der Waals surface area contributed by atoms with Gasteiger partial charge in [-0.1, -0.05) is 42.5 Å². The van der Waals surface area contributed by atoms with Gasteiger partial charge in [-0.25, -0.2) is 8.42 Å². The van der Waals surface area contributed by atoms with Crippen molar-refractivity contribution in [2.75, 3.05) is 32.8 Å². The fraction of sp³-hybridized carbons (Fsp3) is 0.318. The highest BCUT2D eigenvalue weighted by atomic mass is 32.2. The Hall–Kier alpha value is -2.64. The third-order valence-electron chi connectivity index (χ3n) is 5.29. The molecule has 0 N–H and O–H groups in total. The first-order valence-corrected chi connectivity index (χ1v) is 11.3. The Balaban J connectivity index is 1.32. The maximum absolute atomic E-state index is 12.6. The lowest BCUT2D eigenvalue weighted by atomic mass is 10.1. The standard InChI is InChI=1S/C22H24N2O4S/c25-22(17-19-6-7-21-20(16-19)8-14-28-21)23-10-12-24(13-11-23)29(26,27)15-9-18-4-2-1-3-5-18/h1-7,9,15-16H,8,10-14,17H2/b15-9+. The van der Waals surface area contributed by atoms with Crippen LogP contribution < -0.4 is 4.74 Å². The van der Waals surface area contributed by atoms with Crippen LogP contribution in [0.5, 0.6) is 5.75 Å². The van der Waals surface area contributed by atoms with Crippen molar-refractivity contribution in [2.45, 2.75) is 12.8 Å². The molecule has 0 radical (unpaired) electrons. The van der Waals surface area contributed by atoms with Gasteiger partial charge >= 0.3 is 0 Å². The zero-order valence-corrected chi connectivity index (χ0v) is 17.0. The van der Waals surface area contributed by atoms with Crippen molar-refractivity contribution < 1.29 is 17.9 Å². The first kappa shape index (κ1) is 19.7. The quantitative estimate of drug-likeness (QED) is 0.756. The van der Waals surface area contributed by atoms with Crippen LogP contribution >= 0.6 is 0 Å². The highest BCUT2D eigenvalue weighted by Crippen LogP contribution is 2.26. The molecule has 2 aliphatic heterocycles. The van der Waals surface area contributed by atoms with E-state index in [0.717, 1.165) is 28.9 Å². The molecule has 2 aromatic rings. The van der Waals surface area contributed by atoms with Crippen molar-refractivity contribution >= 4 is 22.0 Å². The Bertz CT molecular complexity index is 1010. The molecule has 4 rings (SSSR count). The second kappa shape index (κ2) is 8.39. The third kappa shape index (κ3) is 4.68. The topological polar surface area (TPSA) is 66.9 Å². The number of rotatable bonds is 5. The Kier molecular flexibility index (Phi) is 5.69. The summed E-state index contributed by atoms with van der Waals surface area (Å²) in [5, 5.41) is 1.24. The van der Waals surface area contributed by atoms with E-state index in [4.69, 9.17) is 4.74 Å². The highest BCUT2D eigenvalue weighted by Gasteiger charge is 2.27. The van der Waals surface area contributed by atoms with Crippen molar-refractivity contribution in [1.29, 1.82) is 0 Å². The number of amides is 1. The van der Waals surface area contributed by atoms with Crippen LogP contribution in [-0.2, 0) is 27.7 Å². The van der Waals surface area contributed by atoms with E-state index in [0.29, 0.717) is 39.2 Å². The van der Waals surface area contributed by atoms with Gasteiger partial charge in [0.15, 0.2) is 0 Å². The minimum atomic E-state index is -3.50. The summed E-state index contributed by atoms with van der Waals surface area (Å²) in [6.45, 7) is 2.13. The summed E-state index contributed by atoms with van der Waals surface area (Å²) >= 11 is 0. The average Bonchev–Trinajstić information content (AvgIpc) is 3.21. The molecule has 0 saturated carbocycles. The second-order valence-corrected chi connectivity index (χ2v) is 9.07. The predicted molar refractivity (Wildman–Crippen MR) is 112 cm³/mol. The summed E-state index contributed by atoms with van der Waals surface area (Å²) in [4.78, 5) is 14.4. The van der Waals surface area contributed by atoms with Gasteiger partial charge in [0.05, 0.1) is 13.0 Å². The lowest BCUT2D eigenvalue weighted by Crippen LogP contribution is -2.50. The second-order valence-electron chi connectivity index (χ2n) is 7.26. The van der Waals surface area contributed by atoms with E-state index in [1.54, 1.807) is 11.0 Å². The monoisotopic (exact) mass is 412 g/mol. The van der Waals surface area contributed by atoms with E-state index in [-0.39, 0.29) is 5.91 Å². The van der Waals surface area contributed by atoms with Crippen LogP contribution in [0.1, 0.15) is 16.7 Å². The molecule has 152 valence electrons. The Morgan fingerprint density at radius 2 is 1.79 bits per heavy atom. The molecule has 1 fully saturated rings. The first-order chi connectivity index (χ1) is 14.0. The first-order valence-electron chi connectivity index (χ1n) is 9.77. The third-order valence-corrected chi connectivity index (χ3v) is 6.86. The van der Waals surface area contributed by atoms with Crippen LogP contribution in [0.25, 0.3) is 6.08 Å². The molecule has 0 atom stereocenters. The SMILES string of the molecule is O=C(Cc1ccc2c(c1)CCO2)N1CCN(S(=O)(=O)/C=C/c2ccccc2)CC1. The molecule has 0 spiro atoms. The number of hydrogen-bond donors (Lipinski definition) is 0. The predicted octanol–water partition coefficient (Wildman–Crippen LogP) is 2.31. The maximum Gasteiger partial charge on any atom is 0.236 e. The van der Waals surface area contributed by atoms with Crippen molar-refractivity contribution in [1.82, 2.24) is 9.21 Å². The summed E-state index contributed by atoms with van der Waals surface area (Å²) in [6, 6.07) is 15.2. The van der Waals surface area contributed by atoms with Crippen LogP contribution in [0.3, 0.4) is 0 Å². The summed E-state index contributed by atoms with van der Waals surface area (Å²) in [7, 11) is -3.50. The lowest BCUT2D eigenvalue weighted by Gasteiger charge is -2.33. The van der Waals surface area contributed by atoms with Crippen LogP contribution in [0.15, 0.2) is 53.9 Å². The number of nitrogens with zero attached hydrogens (tertiary/aromatic N) is 2. The van der Waals surface area contributed by atoms with Gasteiger partial charge in [0.25, 0.3) is 0 Å². The Labute approximate surface area is 171 Å². The number of hydrogen-bond acceptors (Lipinski definition) is 4. The number of benzene rings is 2. The number of ether oxygens (including phenoxy) is 1. The number of piperazine rings is 1. The lowest BCUT2D eigenvalue weighted by molar-refractivity contribution is -0.131. The fourth-order valence-electron chi connectivity index (χ4n) is 3.64. The van der Waals surface area contributed by atoms with E-state index >= 15 is 0 Å². The highest BCUT2D eigenvalue weighted by molar-refractivity contribution is 7.92. The van der Waals surface area contributed by atoms with Crippen molar-refractivity contribution in [3.63, 3.8) is 0 Å². The molecule has 29 heavy (non-hydrogen) atoms. The molecular weight excluding hydrogens is 388 g/mol. The van der Waals surface area contributed by atoms with Gasteiger partial charge in [-0.15, -0.1) is 0 Å². The summed E-state index contributed by atoms with van der Waals surface area (Å²) in [5.41, 5.74) is 2.96. The molecular formula is C22H24N2O4S. The Morgan fingerprint density at radius 3 is 2.55 bits per heavy atom. The number of sulfonamides is 1. The molecule has 0 aromatic heterocycles. The Morgan fingerprint density at radius 1 is 1.03 bits per heavy atom. The number of carbonyl (C=O) groups is 1. The molecule has 7 heteroatoms. The number of fused-ring (bicyclic) bond motifs is 1. The fourth-order valence-corrected chi connectivity index (χ4v) is 4.82. The van der Waals surface area contributed by atoms with Gasteiger partial charge in [-0.2, -0.15) is 4.31 Å². The van der Waals surface area contributed by atoms with Crippen molar-refractivity contribution in [2.24, 2.45) is 0 Å². The summed E-state index contributed by atoms with van der Waals surface area (Å²) in [5.74, 6) is 0.935. The molecule has 0 unspecified atom stereocenters. The van der Waals surface area contributed by atoms with Gasteiger partial charge in [-0.3, -0.25) is 4.79 Å². The zero-order valence-electron chi connectivity index (χ0n) is 16.2. The van der Waals surface area contributed by atoms with Crippen molar-refractivity contribution in [3.8, 4) is 5.75 Å². The molecule has 0 bridgehead atoms. The van der Waals surface area contributed by atoms with Crippen LogP contribution in [0.4, 0.5) is 0 Å². The summed E-state index contributed by atoms with van der Waals surface area (Å²) in [6.07, 6.45) is 2.81. The van der Waals surface area contributed by atoms with Gasteiger partial charge in [0.1, 0.15) is 5.75 Å². The van der Waals surface area contributed by atoms with E-state index in [1.807, 2.05) is 48.5 Å². The minimum absolute atomic E-state index is 0.0285. The summed E-state index contributed by atoms with van der Waals surface area (Å²) < 4.78 is 32.1. The van der Waals surface area contributed by atoms with Gasteiger partial charge in [0.2, 0.25) is 15.9 Å². The molecule has 1 saturated heterocycles. The number of carbonyl (C=O) groups excluding carboxylic acids is 1. The van der Waals surface area contributed by atoms with E-state index < -0.39 is 10.0 Å². The van der Waals surface area contributed by atoms with Gasteiger partial charge in [0, 0.05) is 38.0 Å². The molecule has 0 aliphatic carbocycles. The zero-order chi connectivity index (χ0) is 20.3. The van der Waals surface area contributed by atoms with E-state index in [9.17, 15) is 13.2 Å². The van der Waals surface area contributed by atoms with Gasteiger partial charge in [-0.05, 0) is 28.8 Å². The van der Waals surface area contributed by atoms with Gasteiger partial charge < -0.3 is 9.64 Å². The molecule has 2 aromatic carbocycles. The maximum atomic E-state index is 12.6. The van der Waals surface area contributed by atoms with Crippen LogP contribution in [-0.4, -0.2) is 56.3 Å². The molecule has 2 heterocycles. The molecule has 6 nitrogen and oxygen atoms in total. The normalized spacial score (nSPS) is 17.3.